The molecule has 0 N–H and O–H groups in total. The summed E-state index contributed by atoms with van der Waals surface area (Å²) in [6.45, 7) is 5.87. The molecule has 1 fully saturated rings. The van der Waals surface area contributed by atoms with Crippen molar-refractivity contribution in [2.45, 2.75) is 19.9 Å². The Hall–Kier alpha value is -2.71. The van der Waals surface area contributed by atoms with Crippen molar-refractivity contribution in [2.75, 3.05) is 38.2 Å². The Kier molecular flexibility index (Phi) is 5.62. The summed E-state index contributed by atoms with van der Waals surface area (Å²) in [5, 5.41) is 5.49. The van der Waals surface area contributed by atoms with Crippen molar-refractivity contribution >= 4 is 34.2 Å². The van der Waals surface area contributed by atoms with Crippen molar-refractivity contribution in [3.8, 4) is 5.75 Å². The number of hydrogen-bond acceptors (Lipinski definition) is 6. The van der Waals surface area contributed by atoms with Gasteiger partial charge in [-0.25, -0.2) is 9.37 Å². The average Bonchev–Trinajstić information content (AvgIpc) is 3.07. The highest BCUT2D eigenvalue weighted by Gasteiger charge is 2.28. The van der Waals surface area contributed by atoms with Crippen LogP contribution in [0.25, 0.3) is 11.0 Å². The van der Waals surface area contributed by atoms with Gasteiger partial charge >= 0.3 is 0 Å². The van der Waals surface area contributed by atoms with Gasteiger partial charge in [-0.1, -0.05) is 11.6 Å². The molecule has 30 heavy (non-hydrogen) atoms. The number of benzene rings is 1. The molecule has 1 aliphatic rings. The van der Waals surface area contributed by atoms with Crippen LogP contribution in [0.15, 0.2) is 30.5 Å². The summed E-state index contributed by atoms with van der Waals surface area (Å²) in [5.74, 6) is -0.0831. The average molecular weight is 432 g/mol. The van der Waals surface area contributed by atoms with Crippen LogP contribution >= 0.6 is 11.6 Å². The molecule has 9 heteroatoms. The minimum absolute atomic E-state index is 0.0413. The van der Waals surface area contributed by atoms with E-state index < -0.39 is 0 Å². The van der Waals surface area contributed by atoms with Crippen LogP contribution in [0.5, 0.6) is 5.75 Å². The predicted molar refractivity (Wildman–Crippen MR) is 114 cm³/mol. The number of anilines is 1. The van der Waals surface area contributed by atoms with Crippen LogP contribution in [-0.2, 0) is 0 Å². The molecule has 7 nitrogen and oxygen atoms in total. The van der Waals surface area contributed by atoms with Gasteiger partial charge in [-0.2, -0.15) is 9.78 Å². The highest BCUT2D eigenvalue weighted by atomic mass is 35.5. The zero-order chi connectivity index (χ0) is 21.4. The molecule has 0 aliphatic carbocycles. The fourth-order valence-corrected chi connectivity index (χ4v) is 4.11. The first-order valence-electron chi connectivity index (χ1n) is 9.74. The lowest BCUT2D eigenvalue weighted by atomic mass is 10.1. The van der Waals surface area contributed by atoms with Gasteiger partial charge in [-0.3, -0.25) is 9.69 Å². The van der Waals surface area contributed by atoms with Gasteiger partial charge in [0, 0.05) is 43.3 Å². The van der Waals surface area contributed by atoms with Crippen molar-refractivity contribution in [1.29, 1.82) is 0 Å². The van der Waals surface area contributed by atoms with Crippen molar-refractivity contribution in [2.24, 2.45) is 0 Å². The molecule has 4 rings (SSSR count). The molecule has 1 saturated heterocycles. The van der Waals surface area contributed by atoms with E-state index in [-0.39, 0.29) is 29.3 Å². The summed E-state index contributed by atoms with van der Waals surface area (Å²) in [5.41, 5.74) is 1.80. The zero-order valence-electron chi connectivity index (χ0n) is 17.1. The summed E-state index contributed by atoms with van der Waals surface area (Å²) in [6.07, 6.45) is 1.66. The summed E-state index contributed by atoms with van der Waals surface area (Å²) >= 11 is 6.01. The summed E-state index contributed by atoms with van der Waals surface area (Å²) in [4.78, 5) is 21.3. The quantitative estimate of drug-likeness (QED) is 0.631. The Morgan fingerprint density at radius 1 is 1.37 bits per heavy atom. The van der Waals surface area contributed by atoms with Crippen molar-refractivity contribution in [3.63, 3.8) is 0 Å². The fraction of sp³-hybridized carbons (Fsp3) is 0.381. The molecular weight excluding hydrogens is 409 g/mol. The van der Waals surface area contributed by atoms with Gasteiger partial charge in [0.1, 0.15) is 11.6 Å². The number of aromatic nitrogens is 3. The van der Waals surface area contributed by atoms with E-state index in [9.17, 15) is 9.18 Å². The second-order valence-electron chi connectivity index (χ2n) is 7.47. The maximum atomic E-state index is 14.5. The second-order valence-corrected chi connectivity index (χ2v) is 7.88. The normalized spacial score (nSPS) is 17.5. The third-order valence-corrected chi connectivity index (χ3v) is 5.82. The number of ether oxygens (including phenoxy) is 1. The molecule has 3 aromatic rings. The lowest BCUT2D eigenvalue weighted by molar-refractivity contribution is 0.0793. The number of fused-ring (bicyclic) bond motifs is 1. The van der Waals surface area contributed by atoms with Crippen LogP contribution in [0.1, 0.15) is 17.4 Å². The van der Waals surface area contributed by atoms with Gasteiger partial charge < -0.3 is 9.64 Å². The largest absolute Gasteiger partial charge is 0.495 e. The number of carbonyl (C=O) groups excluding carboxylic acids is 1. The van der Waals surface area contributed by atoms with Crippen molar-refractivity contribution < 1.29 is 13.9 Å². The third kappa shape index (κ3) is 3.73. The van der Waals surface area contributed by atoms with E-state index in [1.807, 2.05) is 30.9 Å². The molecule has 0 saturated carbocycles. The minimum atomic E-state index is -0.387. The molecule has 3 heterocycles. The summed E-state index contributed by atoms with van der Waals surface area (Å²) < 4.78 is 21.1. The fourth-order valence-electron chi connectivity index (χ4n) is 3.88. The molecule has 2 aromatic heterocycles. The number of methoxy groups -OCH3 is 1. The van der Waals surface area contributed by atoms with Crippen molar-refractivity contribution in [3.05, 3.63) is 47.0 Å². The molecule has 0 radical (unpaired) electrons. The Labute approximate surface area is 179 Å². The van der Waals surface area contributed by atoms with E-state index in [2.05, 4.69) is 15.0 Å². The molecule has 0 spiro atoms. The van der Waals surface area contributed by atoms with Gasteiger partial charge in [0.2, 0.25) is 0 Å². The Morgan fingerprint density at radius 2 is 2.17 bits per heavy atom. The molecule has 0 bridgehead atoms. The number of carbonyl (C=O) groups is 1. The van der Waals surface area contributed by atoms with E-state index in [0.29, 0.717) is 36.7 Å². The first-order valence-corrected chi connectivity index (χ1v) is 10.1. The number of hydrogen-bond donors (Lipinski definition) is 0. The van der Waals surface area contributed by atoms with Crippen LogP contribution < -0.4 is 9.64 Å². The Morgan fingerprint density at radius 3 is 2.90 bits per heavy atom. The van der Waals surface area contributed by atoms with Gasteiger partial charge in [0.25, 0.3) is 5.91 Å². The third-order valence-electron chi connectivity index (χ3n) is 5.53. The van der Waals surface area contributed by atoms with Gasteiger partial charge in [0.05, 0.1) is 30.1 Å². The molecule has 158 valence electrons. The molecule has 1 aliphatic heterocycles. The number of aryl methyl sites for hydroxylation is 1. The van der Waals surface area contributed by atoms with Gasteiger partial charge in [-0.15, -0.1) is 0 Å². The maximum absolute atomic E-state index is 14.5. The molecule has 1 atom stereocenters. The standard InChI is InChI=1S/C21H23ClFN5O2/c1-13-11-27(18-10-19(30-3)16(22)9-17(18)23)8-7-26(13)12-20(29)28-21-15(14(2)25-28)5-4-6-24-21/h4-6,9-10,13H,7-8,11-12H2,1-3H3. The first kappa shape index (κ1) is 20.6. The van der Waals surface area contributed by atoms with Gasteiger partial charge in [0.15, 0.2) is 5.65 Å². The number of rotatable bonds is 4. The monoisotopic (exact) mass is 431 g/mol. The number of halogens is 2. The molecule has 0 amide bonds. The number of pyridine rings is 1. The first-order chi connectivity index (χ1) is 14.4. The van der Waals surface area contributed by atoms with Crippen LogP contribution in [0.2, 0.25) is 5.02 Å². The SMILES string of the molecule is COc1cc(N2CCN(CC(=O)n3nc(C)c4cccnc43)C(C)C2)c(F)cc1Cl. The maximum Gasteiger partial charge on any atom is 0.263 e. The lowest BCUT2D eigenvalue weighted by Crippen LogP contribution is -2.54. The zero-order valence-corrected chi connectivity index (χ0v) is 17.9. The minimum Gasteiger partial charge on any atom is -0.495 e. The van der Waals surface area contributed by atoms with Crippen LogP contribution in [-0.4, -0.2) is 64.9 Å². The highest BCUT2D eigenvalue weighted by molar-refractivity contribution is 6.32. The smallest absolute Gasteiger partial charge is 0.263 e. The second kappa shape index (κ2) is 8.20. The van der Waals surface area contributed by atoms with Crippen LogP contribution in [0.3, 0.4) is 0 Å². The highest BCUT2D eigenvalue weighted by Crippen LogP contribution is 2.33. The van der Waals surface area contributed by atoms with E-state index in [4.69, 9.17) is 16.3 Å². The van der Waals surface area contributed by atoms with Crippen LogP contribution in [0, 0.1) is 12.7 Å². The topological polar surface area (TPSA) is 63.5 Å². The predicted octanol–water partition coefficient (Wildman–Crippen LogP) is 3.39. The summed E-state index contributed by atoms with van der Waals surface area (Å²) in [6, 6.07) is 6.67. The van der Waals surface area contributed by atoms with Crippen molar-refractivity contribution in [1.82, 2.24) is 19.7 Å². The van der Waals surface area contributed by atoms with Crippen LogP contribution in [0.4, 0.5) is 10.1 Å². The van der Waals surface area contributed by atoms with E-state index >= 15 is 0 Å². The Bertz CT molecular complexity index is 1100. The molecule has 1 unspecified atom stereocenters. The van der Waals surface area contributed by atoms with E-state index in [1.165, 1.54) is 17.9 Å². The lowest BCUT2D eigenvalue weighted by Gasteiger charge is -2.40. The van der Waals surface area contributed by atoms with E-state index in [0.717, 1.165) is 11.1 Å². The Balaban J connectivity index is 1.48. The van der Waals surface area contributed by atoms with E-state index in [1.54, 1.807) is 12.3 Å². The summed E-state index contributed by atoms with van der Waals surface area (Å²) in [7, 11) is 1.50. The number of nitrogens with zero attached hydrogens (tertiary/aromatic N) is 5. The number of piperazine rings is 1. The molecule has 1 aromatic carbocycles. The molecular formula is C21H23ClFN5O2. The van der Waals surface area contributed by atoms with Gasteiger partial charge in [-0.05, 0) is 32.0 Å².